The van der Waals surface area contributed by atoms with Crippen LogP contribution in [0, 0.1) is 0 Å². The molecular formula is C19H28N4O5S. The Bertz CT molecular complexity index is 850. The molecule has 1 heterocycles. The van der Waals surface area contributed by atoms with E-state index in [4.69, 9.17) is 0 Å². The van der Waals surface area contributed by atoms with Gasteiger partial charge in [0.25, 0.3) is 0 Å². The van der Waals surface area contributed by atoms with Gasteiger partial charge in [0.05, 0.1) is 4.90 Å². The molecule has 0 aliphatic carbocycles. The van der Waals surface area contributed by atoms with Gasteiger partial charge in [0.1, 0.15) is 6.54 Å². The molecule has 160 valence electrons. The summed E-state index contributed by atoms with van der Waals surface area (Å²) in [5, 5.41) is 2.76. The van der Waals surface area contributed by atoms with E-state index < -0.39 is 10.0 Å². The highest BCUT2D eigenvalue weighted by molar-refractivity contribution is 7.89. The van der Waals surface area contributed by atoms with Crippen LogP contribution >= 0.6 is 0 Å². The molecular weight excluding hydrogens is 396 g/mol. The Kier molecular flexibility index (Phi) is 7.74. The van der Waals surface area contributed by atoms with Gasteiger partial charge in [-0.05, 0) is 24.1 Å². The fourth-order valence-electron chi connectivity index (χ4n) is 3.07. The summed E-state index contributed by atoms with van der Waals surface area (Å²) in [4.78, 5) is 38.2. The van der Waals surface area contributed by atoms with Crippen LogP contribution in [0.5, 0.6) is 0 Å². The molecule has 1 aliphatic heterocycles. The molecule has 0 bridgehead atoms. The summed E-state index contributed by atoms with van der Waals surface area (Å²) < 4.78 is 26.3. The minimum Gasteiger partial charge on any atom is -0.352 e. The van der Waals surface area contributed by atoms with E-state index in [-0.39, 0.29) is 48.8 Å². The summed E-state index contributed by atoms with van der Waals surface area (Å²) >= 11 is 0. The largest absolute Gasteiger partial charge is 0.352 e. The molecule has 1 aliphatic rings. The number of nitrogens with one attached hydrogen (secondary N) is 1. The van der Waals surface area contributed by atoms with Crippen molar-refractivity contribution in [3.05, 3.63) is 29.8 Å². The van der Waals surface area contributed by atoms with Gasteiger partial charge in [-0.2, -0.15) is 4.31 Å². The molecule has 0 atom stereocenters. The topological polar surface area (TPSA) is 107 Å². The number of hydrogen-bond acceptors (Lipinski definition) is 5. The Morgan fingerprint density at radius 3 is 2.28 bits per heavy atom. The molecule has 0 saturated carbocycles. The van der Waals surface area contributed by atoms with Crippen LogP contribution in [0.25, 0.3) is 0 Å². The van der Waals surface area contributed by atoms with Gasteiger partial charge in [0.15, 0.2) is 0 Å². The maximum Gasteiger partial charge on any atom is 0.326 e. The van der Waals surface area contributed by atoms with Gasteiger partial charge in [-0.1, -0.05) is 26.0 Å². The third-order valence-electron chi connectivity index (χ3n) is 4.77. The molecule has 1 aromatic carbocycles. The first-order valence-corrected chi connectivity index (χ1v) is 11.1. The van der Waals surface area contributed by atoms with Gasteiger partial charge >= 0.3 is 6.03 Å². The molecule has 1 saturated heterocycles. The molecule has 0 radical (unpaired) electrons. The Hall–Kier alpha value is -2.46. The van der Waals surface area contributed by atoms with Crippen molar-refractivity contribution in [2.45, 2.75) is 38.1 Å². The number of sulfonamides is 1. The second kappa shape index (κ2) is 9.84. The number of likely N-dealkylation sites (N-methyl/N-ethyl adjacent to an activating group) is 1. The van der Waals surface area contributed by atoms with E-state index in [9.17, 15) is 22.8 Å². The zero-order chi connectivity index (χ0) is 21.6. The van der Waals surface area contributed by atoms with E-state index in [0.29, 0.717) is 19.5 Å². The van der Waals surface area contributed by atoms with Crippen LogP contribution in [0.2, 0.25) is 0 Å². The Labute approximate surface area is 171 Å². The lowest BCUT2D eigenvalue weighted by Crippen LogP contribution is -2.33. The van der Waals surface area contributed by atoms with Gasteiger partial charge in [0, 0.05) is 39.6 Å². The van der Waals surface area contributed by atoms with Crippen LogP contribution in [-0.4, -0.2) is 73.6 Å². The van der Waals surface area contributed by atoms with Crippen molar-refractivity contribution in [2.24, 2.45) is 0 Å². The summed E-state index contributed by atoms with van der Waals surface area (Å²) in [6, 6.07) is 6.09. The fraction of sp³-hybridized carbons (Fsp3) is 0.526. The maximum absolute atomic E-state index is 12.5. The predicted molar refractivity (Wildman–Crippen MR) is 107 cm³/mol. The zero-order valence-corrected chi connectivity index (χ0v) is 17.9. The van der Waals surface area contributed by atoms with Gasteiger partial charge in [-0.15, -0.1) is 0 Å². The maximum atomic E-state index is 12.5. The molecule has 4 amide bonds. The Morgan fingerprint density at radius 2 is 1.76 bits per heavy atom. The van der Waals surface area contributed by atoms with Crippen LogP contribution in [-0.2, 0) is 26.2 Å². The highest BCUT2D eigenvalue weighted by Crippen LogP contribution is 2.16. The molecule has 0 spiro atoms. The molecule has 0 aromatic heterocycles. The van der Waals surface area contributed by atoms with Crippen molar-refractivity contribution >= 4 is 27.9 Å². The number of amides is 4. The lowest BCUT2D eigenvalue weighted by Gasteiger charge is -2.18. The molecule has 9 nitrogen and oxygen atoms in total. The summed E-state index contributed by atoms with van der Waals surface area (Å²) in [6.45, 7) is 4.95. The van der Waals surface area contributed by atoms with E-state index in [0.717, 1.165) is 10.5 Å². The SMILES string of the molecule is CCN(CC)S(=O)(=O)c1ccc(CNC(=O)CCCN2C(=O)CN(C)C2=O)cc1. The van der Waals surface area contributed by atoms with Crippen molar-refractivity contribution in [2.75, 3.05) is 33.2 Å². The third-order valence-corrected chi connectivity index (χ3v) is 6.84. The number of carbonyl (C=O) groups excluding carboxylic acids is 3. The quantitative estimate of drug-likeness (QED) is 0.564. The van der Waals surface area contributed by atoms with E-state index >= 15 is 0 Å². The average molecular weight is 425 g/mol. The zero-order valence-electron chi connectivity index (χ0n) is 17.1. The Morgan fingerprint density at radius 1 is 1.14 bits per heavy atom. The average Bonchev–Trinajstić information content (AvgIpc) is 2.93. The van der Waals surface area contributed by atoms with E-state index in [1.165, 1.54) is 21.3 Å². The van der Waals surface area contributed by atoms with E-state index in [1.807, 2.05) is 0 Å². The number of carbonyl (C=O) groups is 3. The van der Waals surface area contributed by atoms with Gasteiger partial charge in [0.2, 0.25) is 21.8 Å². The summed E-state index contributed by atoms with van der Waals surface area (Å²) in [5.41, 5.74) is 0.781. The standard InChI is InChI=1S/C19H28N4O5S/c1-4-22(5-2)29(27,28)16-10-8-15(9-11-16)13-20-17(24)7-6-12-23-18(25)14-21(3)19(23)26/h8-11H,4-7,12-14H2,1-3H3,(H,20,24). The van der Waals surface area contributed by atoms with E-state index in [1.54, 1.807) is 33.0 Å². The summed E-state index contributed by atoms with van der Waals surface area (Å²) in [7, 11) is -1.94. The van der Waals surface area contributed by atoms with Gasteiger partial charge in [-0.3, -0.25) is 14.5 Å². The van der Waals surface area contributed by atoms with Crippen molar-refractivity contribution in [1.29, 1.82) is 0 Å². The second-order valence-electron chi connectivity index (χ2n) is 6.80. The van der Waals surface area contributed by atoms with Crippen LogP contribution in [0.4, 0.5) is 4.79 Å². The molecule has 1 aromatic rings. The monoisotopic (exact) mass is 424 g/mol. The number of hydrogen-bond donors (Lipinski definition) is 1. The molecule has 0 unspecified atom stereocenters. The van der Waals surface area contributed by atoms with Crippen molar-refractivity contribution in [3.8, 4) is 0 Å². The molecule has 1 N–H and O–H groups in total. The summed E-state index contributed by atoms with van der Waals surface area (Å²) in [6.07, 6.45) is 0.577. The Balaban J connectivity index is 1.80. The number of benzene rings is 1. The minimum atomic E-state index is -3.50. The normalized spacial score (nSPS) is 14.8. The summed E-state index contributed by atoms with van der Waals surface area (Å²) in [5.74, 6) is -0.449. The molecule has 2 rings (SSSR count). The number of urea groups is 1. The highest BCUT2D eigenvalue weighted by Gasteiger charge is 2.32. The smallest absolute Gasteiger partial charge is 0.326 e. The van der Waals surface area contributed by atoms with E-state index in [2.05, 4.69) is 5.32 Å². The minimum absolute atomic E-state index is 0.0744. The van der Waals surface area contributed by atoms with Crippen LogP contribution in [0.15, 0.2) is 29.2 Å². The fourth-order valence-corrected chi connectivity index (χ4v) is 4.53. The first-order chi connectivity index (χ1) is 13.7. The lowest BCUT2D eigenvalue weighted by atomic mass is 10.2. The van der Waals surface area contributed by atoms with Crippen molar-refractivity contribution < 1.29 is 22.8 Å². The van der Waals surface area contributed by atoms with Crippen LogP contribution < -0.4 is 5.32 Å². The second-order valence-corrected chi connectivity index (χ2v) is 8.74. The van der Waals surface area contributed by atoms with Crippen LogP contribution in [0.3, 0.4) is 0 Å². The predicted octanol–water partition coefficient (Wildman–Crippen LogP) is 1.01. The molecule has 1 fully saturated rings. The highest BCUT2D eigenvalue weighted by atomic mass is 32.2. The molecule has 10 heteroatoms. The first kappa shape index (κ1) is 22.8. The first-order valence-electron chi connectivity index (χ1n) is 9.62. The number of imide groups is 1. The van der Waals surface area contributed by atoms with Gasteiger partial charge < -0.3 is 10.2 Å². The number of rotatable bonds is 10. The van der Waals surface area contributed by atoms with Crippen molar-refractivity contribution in [3.63, 3.8) is 0 Å². The lowest BCUT2D eigenvalue weighted by molar-refractivity contribution is -0.126. The van der Waals surface area contributed by atoms with Crippen molar-refractivity contribution in [1.82, 2.24) is 19.4 Å². The third kappa shape index (κ3) is 5.54. The van der Waals surface area contributed by atoms with Crippen LogP contribution in [0.1, 0.15) is 32.3 Å². The molecule has 29 heavy (non-hydrogen) atoms. The number of nitrogens with zero attached hydrogens (tertiary/aromatic N) is 3. The van der Waals surface area contributed by atoms with Gasteiger partial charge in [-0.25, -0.2) is 13.2 Å².